The van der Waals surface area contributed by atoms with Crippen molar-refractivity contribution in [1.82, 2.24) is 0 Å². The van der Waals surface area contributed by atoms with Gasteiger partial charge in [0.2, 0.25) is 0 Å². The summed E-state index contributed by atoms with van der Waals surface area (Å²) in [5.41, 5.74) is 0. The van der Waals surface area contributed by atoms with Crippen LogP contribution in [0, 0.1) is 0 Å². The van der Waals surface area contributed by atoms with E-state index in [0.717, 1.165) is 0 Å². The molecule has 0 aliphatic carbocycles. The summed E-state index contributed by atoms with van der Waals surface area (Å²) in [6.45, 7) is 0.289. The first-order valence-electron chi connectivity index (χ1n) is 4.28. The molecule has 1 aromatic carbocycles. The molecule has 0 bridgehead atoms. The van der Waals surface area contributed by atoms with Gasteiger partial charge in [-0.3, -0.25) is 0 Å². The first-order chi connectivity index (χ1) is 7.86. The summed E-state index contributed by atoms with van der Waals surface area (Å²) >= 11 is 27.7. The van der Waals surface area contributed by atoms with E-state index < -0.39 is 12.3 Å². The summed E-state index contributed by atoms with van der Waals surface area (Å²) < 4.78 is 5.37. The molecular weight excluding hydrogens is 387 g/mol. The second-order valence-electron chi connectivity index (χ2n) is 2.93. The minimum Gasteiger partial charge on any atom is -0.492 e. The molecule has 0 aromatic heterocycles. The van der Waals surface area contributed by atoms with Crippen LogP contribution >= 0.6 is 78.1 Å². The van der Waals surface area contributed by atoms with E-state index in [0.29, 0.717) is 5.28 Å². The smallest absolute Gasteiger partial charge is 0.492 e. The highest BCUT2D eigenvalue weighted by atomic mass is 35.7. The first kappa shape index (κ1) is 16.6. The Morgan fingerprint density at radius 1 is 0.765 bits per heavy atom. The predicted octanol–water partition coefficient (Wildman–Crippen LogP) is 6.30. The Kier molecular flexibility index (Phi) is 7.23. The Morgan fingerprint density at radius 3 is 1.59 bits per heavy atom. The molecular formula is C8H4AlCl7O. The van der Waals surface area contributed by atoms with Gasteiger partial charge in [-0.1, -0.05) is 58.0 Å². The fourth-order valence-corrected chi connectivity index (χ4v) is 3.02. The quantitative estimate of drug-likeness (QED) is 0.333. The zero-order valence-corrected chi connectivity index (χ0v) is 14.5. The van der Waals surface area contributed by atoms with Crippen LogP contribution in [0.5, 0.6) is 5.75 Å². The number of hydrogen-bond donors (Lipinski definition) is 0. The molecule has 9 heteroatoms. The van der Waals surface area contributed by atoms with Crippen molar-refractivity contribution in [3.63, 3.8) is 0 Å². The minimum atomic E-state index is -1.74. The maximum Gasteiger partial charge on any atom is 0.522 e. The van der Waals surface area contributed by atoms with Crippen molar-refractivity contribution in [2.75, 3.05) is 6.61 Å². The van der Waals surface area contributed by atoms with E-state index in [9.17, 15) is 0 Å². The third kappa shape index (κ3) is 4.28. The highest BCUT2D eigenvalue weighted by molar-refractivity contribution is 7.33. The van der Waals surface area contributed by atoms with Gasteiger partial charge in [0.05, 0.1) is 21.7 Å². The fraction of sp³-hybridized carbons (Fsp3) is 0.250. The Hall–Kier alpha value is 1.58. The highest BCUT2D eigenvalue weighted by Gasteiger charge is 2.21. The van der Waals surface area contributed by atoms with Crippen LogP contribution in [-0.2, 0) is 0 Å². The molecule has 0 saturated heterocycles. The molecule has 1 rings (SSSR count). The van der Waals surface area contributed by atoms with Gasteiger partial charge < -0.3 is 4.74 Å². The Bertz CT molecular complexity index is 394. The van der Waals surface area contributed by atoms with Crippen molar-refractivity contribution in [1.29, 1.82) is 0 Å². The van der Waals surface area contributed by atoms with Crippen molar-refractivity contribution >= 4 is 90.4 Å². The number of rotatable bonds is 4. The van der Waals surface area contributed by atoms with Crippen LogP contribution in [0.25, 0.3) is 0 Å². The molecule has 0 spiro atoms. The molecule has 0 amide bonds. The molecule has 0 saturated carbocycles. The molecule has 0 aliphatic heterocycles. The van der Waals surface area contributed by atoms with Gasteiger partial charge in [0.1, 0.15) is 10.0 Å². The van der Waals surface area contributed by atoms with Gasteiger partial charge in [-0.25, -0.2) is 20.1 Å². The van der Waals surface area contributed by atoms with E-state index in [2.05, 4.69) is 0 Å². The first-order valence-corrected chi connectivity index (χ1v) is 10.5. The van der Waals surface area contributed by atoms with Crippen molar-refractivity contribution in [3.8, 4) is 5.75 Å². The molecule has 94 valence electrons. The summed E-state index contributed by atoms with van der Waals surface area (Å²) in [6.07, 6.45) is 0. The van der Waals surface area contributed by atoms with Crippen molar-refractivity contribution in [3.05, 3.63) is 25.1 Å². The number of benzene rings is 1. The molecule has 0 N–H and O–H groups in total. The number of hydrogen-bond acceptors (Lipinski definition) is 1. The summed E-state index contributed by atoms with van der Waals surface area (Å²) in [7, 11) is 11.4. The van der Waals surface area contributed by atoms with Crippen LogP contribution in [-0.4, -0.2) is 18.9 Å². The molecule has 17 heavy (non-hydrogen) atoms. The zero-order chi connectivity index (χ0) is 13.2. The molecule has 0 fully saturated rings. The Morgan fingerprint density at radius 2 is 1.18 bits per heavy atom. The Balaban J connectivity index is 2.99. The Labute approximate surface area is 137 Å². The molecule has 0 heterocycles. The van der Waals surface area contributed by atoms with E-state index >= 15 is 0 Å². The van der Waals surface area contributed by atoms with Gasteiger partial charge in [0.25, 0.3) is 0 Å². The van der Waals surface area contributed by atoms with Crippen LogP contribution < -0.4 is 4.74 Å². The van der Waals surface area contributed by atoms with Crippen LogP contribution in [0.15, 0.2) is 0 Å². The highest BCUT2D eigenvalue weighted by Crippen LogP contribution is 2.48. The van der Waals surface area contributed by atoms with E-state index in [1.807, 2.05) is 0 Å². The van der Waals surface area contributed by atoms with E-state index in [1.165, 1.54) is 0 Å². The summed E-state index contributed by atoms with van der Waals surface area (Å²) in [5, 5.41) is 1.08. The average Bonchev–Trinajstić information content (AvgIpc) is 2.28. The third-order valence-corrected chi connectivity index (χ3v) is 5.98. The van der Waals surface area contributed by atoms with Crippen molar-refractivity contribution < 1.29 is 4.74 Å². The molecule has 1 aromatic rings. The maximum absolute atomic E-state index is 5.95. The lowest BCUT2D eigenvalue weighted by atomic mass is 10.3. The van der Waals surface area contributed by atoms with Gasteiger partial charge in [-0.2, -0.15) is 0 Å². The van der Waals surface area contributed by atoms with Gasteiger partial charge in [-0.05, 0) is 5.28 Å². The molecule has 0 unspecified atom stereocenters. The third-order valence-electron chi connectivity index (χ3n) is 1.75. The topological polar surface area (TPSA) is 9.23 Å². The number of halogens is 7. The van der Waals surface area contributed by atoms with Crippen LogP contribution in [0.4, 0.5) is 0 Å². The lowest BCUT2D eigenvalue weighted by molar-refractivity contribution is 0.340. The average molecular weight is 391 g/mol. The number of ether oxygens (including phenoxy) is 1. The largest absolute Gasteiger partial charge is 0.522 e. The maximum atomic E-state index is 5.95. The van der Waals surface area contributed by atoms with Crippen molar-refractivity contribution in [2.24, 2.45) is 0 Å². The van der Waals surface area contributed by atoms with Gasteiger partial charge in [-0.15, -0.1) is 0 Å². The summed E-state index contributed by atoms with van der Waals surface area (Å²) in [5.74, 6) is 0.190. The van der Waals surface area contributed by atoms with Crippen molar-refractivity contribution in [2.45, 2.75) is 5.28 Å². The lowest BCUT2D eigenvalue weighted by Gasteiger charge is -2.13. The SMILES string of the molecule is Clc1c(Cl)c(Cl)c(OC[CH2][Al]([Cl])[Cl])c(Cl)c1Cl. The van der Waals surface area contributed by atoms with Crippen LogP contribution in [0.3, 0.4) is 0 Å². The lowest BCUT2D eigenvalue weighted by Crippen LogP contribution is -2.04. The summed E-state index contributed by atoms with van der Waals surface area (Å²) in [6, 6.07) is 0. The summed E-state index contributed by atoms with van der Waals surface area (Å²) in [4.78, 5) is 0. The second-order valence-corrected chi connectivity index (χ2v) is 10.0. The van der Waals surface area contributed by atoms with Gasteiger partial charge in [0, 0.05) is 0 Å². The zero-order valence-electron chi connectivity index (χ0n) is 8.05. The van der Waals surface area contributed by atoms with E-state index in [4.69, 9.17) is 82.8 Å². The van der Waals surface area contributed by atoms with E-state index in [-0.39, 0.29) is 37.5 Å². The second kappa shape index (κ2) is 7.39. The molecule has 1 nitrogen and oxygen atoms in total. The molecule has 0 aliphatic rings. The normalized spacial score (nSPS) is 10.5. The standard InChI is InChI=1S/C8H4Cl5O.Al.2ClH/c1-2-14-8-6(12)4(10)3(9)5(11)7(8)13;;;/h1-2H2;;2*1H/q;+2;;/p-2. The van der Waals surface area contributed by atoms with Gasteiger partial charge >= 0.3 is 12.3 Å². The van der Waals surface area contributed by atoms with Crippen LogP contribution in [0.2, 0.25) is 30.4 Å². The van der Waals surface area contributed by atoms with Crippen LogP contribution in [0.1, 0.15) is 0 Å². The molecule has 0 radical (unpaired) electrons. The monoisotopic (exact) mass is 388 g/mol. The fourth-order valence-electron chi connectivity index (χ4n) is 0.962. The molecule has 0 atom stereocenters. The van der Waals surface area contributed by atoms with Gasteiger partial charge in [0.15, 0.2) is 5.75 Å². The predicted molar refractivity (Wildman–Crippen MR) is 79.3 cm³/mol. The van der Waals surface area contributed by atoms with E-state index in [1.54, 1.807) is 0 Å². The minimum absolute atomic E-state index is 0.0950.